The Morgan fingerprint density at radius 1 is 1.67 bits per heavy atom. The highest BCUT2D eigenvalue weighted by molar-refractivity contribution is 5.66. The molecule has 0 aliphatic carbocycles. The molecule has 0 bridgehead atoms. The number of carboxylic acid groups (broad SMARTS) is 1. The molecule has 0 amide bonds. The predicted molar refractivity (Wildman–Crippen MR) is 56.3 cm³/mol. The molecule has 1 aliphatic heterocycles. The summed E-state index contributed by atoms with van der Waals surface area (Å²) in [7, 11) is 0. The lowest BCUT2D eigenvalue weighted by Gasteiger charge is -2.37. The Labute approximate surface area is 90.5 Å². The van der Waals surface area contributed by atoms with Crippen LogP contribution in [0.3, 0.4) is 0 Å². The van der Waals surface area contributed by atoms with Gasteiger partial charge in [0.05, 0.1) is 12.1 Å². The third kappa shape index (κ3) is 3.52. The highest BCUT2D eigenvalue weighted by atomic mass is 16.4. The summed E-state index contributed by atoms with van der Waals surface area (Å²) in [5.41, 5.74) is 0. The van der Waals surface area contributed by atoms with Crippen molar-refractivity contribution in [3.8, 4) is 6.07 Å². The van der Waals surface area contributed by atoms with Gasteiger partial charge in [0, 0.05) is 12.5 Å². The number of nitriles is 1. The molecule has 1 rings (SSSR count). The van der Waals surface area contributed by atoms with Crippen molar-refractivity contribution in [3.05, 3.63) is 0 Å². The van der Waals surface area contributed by atoms with Gasteiger partial charge in [-0.1, -0.05) is 6.42 Å². The second-order valence-electron chi connectivity index (χ2n) is 4.12. The molecule has 4 heteroatoms. The molecule has 4 nitrogen and oxygen atoms in total. The van der Waals surface area contributed by atoms with Crippen LogP contribution in [0.5, 0.6) is 0 Å². The first-order valence-electron chi connectivity index (χ1n) is 5.52. The molecule has 2 unspecified atom stereocenters. The van der Waals surface area contributed by atoms with Gasteiger partial charge >= 0.3 is 5.97 Å². The van der Waals surface area contributed by atoms with Gasteiger partial charge in [0.1, 0.15) is 0 Å². The van der Waals surface area contributed by atoms with E-state index in [0.717, 1.165) is 25.8 Å². The van der Waals surface area contributed by atoms with Crippen molar-refractivity contribution in [1.29, 1.82) is 5.26 Å². The number of hydrogen-bond acceptors (Lipinski definition) is 3. The first kappa shape index (κ1) is 12.0. The molecule has 1 heterocycles. The maximum atomic E-state index is 10.5. The standard InChI is InChI=1S/C11H18N2O2/c1-9(8-12)13-7-3-2-4-10(13)5-6-11(14)15/h9-10H,2-7H2,1H3,(H,14,15). The van der Waals surface area contributed by atoms with Crippen LogP contribution in [0.2, 0.25) is 0 Å². The summed E-state index contributed by atoms with van der Waals surface area (Å²) in [5.74, 6) is -0.745. The van der Waals surface area contributed by atoms with Crippen molar-refractivity contribution in [2.24, 2.45) is 0 Å². The minimum absolute atomic E-state index is 0.0934. The summed E-state index contributed by atoms with van der Waals surface area (Å²) in [6.45, 7) is 2.82. The van der Waals surface area contributed by atoms with Crippen molar-refractivity contribution in [2.75, 3.05) is 6.54 Å². The number of hydrogen-bond donors (Lipinski definition) is 1. The summed E-state index contributed by atoms with van der Waals surface area (Å²) in [4.78, 5) is 12.6. The molecular formula is C11H18N2O2. The quantitative estimate of drug-likeness (QED) is 0.765. The molecule has 1 N–H and O–H groups in total. The van der Waals surface area contributed by atoms with E-state index in [1.165, 1.54) is 0 Å². The number of piperidine rings is 1. The van der Waals surface area contributed by atoms with Crippen LogP contribution in [-0.2, 0) is 4.79 Å². The minimum Gasteiger partial charge on any atom is -0.481 e. The molecule has 1 aliphatic rings. The lowest BCUT2D eigenvalue weighted by atomic mass is 9.96. The molecule has 0 radical (unpaired) electrons. The topological polar surface area (TPSA) is 64.3 Å². The van der Waals surface area contributed by atoms with E-state index in [-0.39, 0.29) is 18.5 Å². The van der Waals surface area contributed by atoms with Gasteiger partial charge in [0.2, 0.25) is 0 Å². The number of nitrogens with zero attached hydrogens (tertiary/aromatic N) is 2. The monoisotopic (exact) mass is 210 g/mol. The zero-order valence-electron chi connectivity index (χ0n) is 9.15. The summed E-state index contributed by atoms with van der Waals surface area (Å²) in [6, 6.07) is 2.42. The molecule has 2 atom stereocenters. The predicted octanol–water partition coefficient (Wildman–Crippen LogP) is 1.62. The highest BCUT2D eigenvalue weighted by Gasteiger charge is 2.26. The Bertz CT molecular complexity index is 260. The van der Waals surface area contributed by atoms with Gasteiger partial charge in [-0.3, -0.25) is 9.69 Å². The van der Waals surface area contributed by atoms with E-state index in [9.17, 15) is 4.79 Å². The van der Waals surface area contributed by atoms with E-state index in [1.807, 2.05) is 6.92 Å². The van der Waals surface area contributed by atoms with Crippen molar-refractivity contribution in [2.45, 2.75) is 51.1 Å². The Morgan fingerprint density at radius 2 is 2.40 bits per heavy atom. The first-order chi connectivity index (χ1) is 7.15. The molecule has 15 heavy (non-hydrogen) atoms. The van der Waals surface area contributed by atoms with Gasteiger partial charge < -0.3 is 5.11 Å². The van der Waals surface area contributed by atoms with Gasteiger partial charge in [0.25, 0.3) is 0 Å². The number of carbonyl (C=O) groups is 1. The number of carboxylic acids is 1. The highest BCUT2D eigenvalue weighted by Crippen LogP contribution is 2.22. The first-order valence-corrected chi connectivity index (χ1v) is 5.52. The van der Waals surface area contributed by atoms with E-state index >= 15 is 0 Å². The van der Waals surface area contributed by atoms with Crippen molar-refractivity contribution >= 4 is 5.97 Å². The lowest BCUT2D eigenvalue weighted by Crippen LogP contribution is -2.44. The second kappa shape index (κ2) is 5.72. The number of aliphatic carboxylic acids is 1. The molecular weight excluding hydrogens is 192 g/mol. The van der Waals surface area contributed by atoms with Crippen LogP contribution >= 0.6 is 0 Å². The minimum atomic E-state index is -0.745. The van der Waals surface area contributed by atoms with Crippen LogP contribution in [0.4, 0.5) is 0 Å². The van der Waals surface area contributed by atoms with E-state index in [1.54, 1.807) is 0 Å². The average Bonchev–Trinajstić information content (AvgIpc) is 2.25. The van der Waals surface area contributed by atoms with Crippen LogP contribution < -0.4 is 0 Å². The largest absolute Gasteiger partial charge is 0.481 e. The third-order valence-corrected chi connectivity index (χ3v) is 3.05. The van der Waals surface area contributed by atoms with Gasteiger partial charge in [-0.25, -0.2) is 0 Å². The van der Waals surface area contributed by atoms with Crippen LogP contribution in [0.25, 0.3) is 0 Å². The Kier molecular flexibility index (Phi) is 4.57. The number of rotatable bonds is 4. The van der Waals surface area contributed by atoms with Crippen LogP contribution in [-0.4, -0.2) is 34.6 Å². The maximum absolute atomic E-state index is 10.5. The van der Waals surface area contributed by atoms with Gasteiger partial charge in [-0.15, -0.1) is 0 Å². The lowest BCUT2D eigenvalue weighted by molar-refractivity contribution is -0.137. The Morgan fingerprint density at radius 3 is 3.00 bits per heavy atom. The summed E-state index contributed by atoms with van der Waals surface area (Å²) < 4.78 is 0. The molecule has 1 fully saturated rings. The molecule has 84 valence electrons. The van der Waals surface area contributed by atoms with E-state index in [0.29, 0.717) is 6.42 Å². The van der Waals surface area contributed by atoms with E-state index in [4.69, 9.17) is 10.4 Å². The molecule has 1 saturated heterocycles. The third-order valence-electron chi connectivity index (χ3n) is 3.05. The fourth-order valence-corrected chi connectivity index (χ4v) is 2.21. The van der Waals surface area contributed by atoms with Gasteiger partial charge in [-0.2, -0.15) is 5.26 Å². The maximum Gasteiger partial charge on any atom is 0.303 e. The average molecular weight is 210 g/mol. The molecule has 0 aromatic heterocycles. The summed E-state index contributed by atoms with van der Waals surface area (Å²) in [6.07, 6.45) is 4.18. The molecule has 0 saturated carbocycles. The van der Waals surface area contributed by atoms with E-state index < -0.39 is 5.97 Å². The molecule has 0 aromatic carbocycles. The molecule has 0 spiro atoms. The van der Waals surface area contributed by atoms with Crippen LogP contribution in [0.1, 0.15) is 39.0 Å². The van der Waals surface area contributed by atoms with Crippen molar-refractivity contribution in [3.63, 3.8) is 0 Å². The Hall–Kier alpha value is -1.08. The zero-order chi connectivity index (χ0) is 11.3. The summed E-state index contributed by atoms with van der Waals surface area (Å²) >= 11 is 0. The van der Waals surface area contributed by atoms with Crippen molar-refractivity contribution in [1.82, 2.24) is 4.90 Å². The van der Waals surface area contributed by atoms with Gasteiger partial charge in [-0.05, 0) is 32.7 Å². The second-order valence-corrected chi connectivity index (χ2v) is 4.12. The van der Waals surface area contributed by atoms with Gasteiger partial charge in [0.15, 0.2) is 0 Å². The smallest absolute Gasteiger partial charge is 0.303 e. The number of likely N-dealkylation sites (tertiary alicyclic amines) is 1. The fraction of sp³-hybridized carbons (Fsp3) is 0.818. The van der Waals surface area contributed by atoms with Crippen LogP contribution in [0, 0.1) is 11.3 Å². The normalized spacial score (nSPS) is 24.4. The fourth-order valence-electron chi connectivity index (χ4n) is 2.21. The van der Waals surface area contributed by atoms with Crippen LogP contribution in [0.15, 0.2) is 0 Å². The zero-order valence-corrected chi connectivity index (χ0v) is 9.15. The summed E-state index contributed by atoms with van der Waals surface area (Å²) in [5, 5.41) is 17.5. The Balaban J connectivity index is 2.50. The SMILES string of the molecule is CC(C#N)N1CCCCC1CCC(=O)O. The van der Waals surface area contributed by atoms with E-state index in [2.05, 4.69) is 11.0 Å². The molecule has 0 aromatic rings. The van der Waals surface area contributed by atoms with Crippen molar-refractivity contribution < 1.29 is 9.90 Å².